The molecule has 0 aromatic carbocycles. The Morgan fingerprint density at radius 2 is 2.04 bits per heavy atom. The van der Waals surface area contributed by atoms with E-state index in [-0.39, 0.29) is 36.8 Å². The molecule has 1 amide bonds. The number of hydrogen-bond donors (Lipinski definition) is 1. The highest BCUT2D eigenvalue weighted by molar-refractivity contribution is 7.12. The van der Waals surface area contributed by atoms with Gasteiger partial charge < -0.3 is 5.32 Å². The van der Waals surface area contributed by atoms with Gasteiger partial charge in [-0.25, -0.2) is 9.48 Å². The maximum atomic E-state index is 12.2. The van der Waals surface area contributed by atoms with Crippen molar-refractivity contribution in [3.63, 3.8) is 0 Å². The minimum Gasteiger partial charge on any atom is -0.353 e. The zero-order valence-electron chi connectivity index (χ0n) is 13.3. The number of aromatic nitrogens is 6. The molecule has 1 N–H and O–H groups in total. The Labute approximate surface area is 145 Å². The van der Waals surface area contributed by atoms with E-state index in [0.717, 1.165) is 9.36 Å². The zero-order valence-corrected chi connectivity index (χ0v) is 14.1. The number of nitrogens with one attached hydrogen (secondary N) is 1. The predicted octanol–water partition coefficient (Wildman–Crippen LogP) is -0.828. The van der Waals surface area contributed by atoms with Crippen LogP contribution in [-0.2, 0) is 17.9 Å². The number of nitrogens with zero attached hydrogens (tertiary/aromatic N) is 6. The van der Waals surface area contributed by atoms with Gasteiger partial charge in [0.15, 0.2) is 0 Å². The Kier molecular flexibility index (Phi) is 4.84. The van der Waals surface area contributed by atoms with E-state index in [0.29, 0.717) is 10.7 Å². The summed E-state index contributed by atoms with van der Waals surface area (Å²) in [5, 5.41) is 16.7. The molecule has 3 rings (SSSR count). The molecular weight excluding hydrogens is 346 g/mol. The second-order valence-electron chi connectivity index (χ2n) is 5.17. The van der Waals surface area contributed by atoms with Gasteiger partial charge in [0.1, 0.15) is 11.5 Å². The van der Waals surface area contributed by atoms with Gasteiger partial charge in [0.05, 0.1) is 12.2 Å². The summed E-state index contributed by atoms with van der Waals surface area (Å²) in [6, 6.07) is 6.52. The molecule has 130 valence electrons. The fourth-order valence-electron chi connectivity index (χ4n) is 2.10. The quantitative estimate of drug-likeness (QED) is 0.613. The summed E-state index contributed by atoms with van der Waals surface area (Å²) in [6.07, 6.45) is 0. The van der Waals surface area contributed by atoms with Gasteiger partial charge in [-0.05, 0) is 40.9 Å². The van der Waals surface area contributed by atoms with E-state index in [1.165, 1.54) is 22.1 Å². The fourth-order valence-corrected chi connectivity index (χ4v) is 2.77. The molecule has 0 unspecified atom stereocenters. The van der Waals surface area contributed by atoms with Crippen LogP contribution in [0.5, 0.6) is 0 Å². The van der Waals surface area contributed by atoms with E-state index in [1.54, 1.807) is 19.1 Å². The molecule has 3 aromatic heterocycles. The monoisotopic (exact) mass is 361 g/mol. The first-order valence-corrected chi connectivity index (χ1v) is 8.31. The van der Waals surface area contributed by atoms with Crippen LogP contribution in [0.15, 0.2) is 39.2 Å². The molecule has 25 heavy (non-hydrogen) atoms. The molecule has 3 heterocycles. The van der Waals surface area contributed by atoms with Crippen LogP contribution in [0.4, 0.5) is 0 Å². The van der Waals surface area contributed by atoms with Crippen LogP contribution in [0.2, 0.25) is 0 Å². The molecule has 0 saturated carbocycles. The number of hydrogen-bond acceptors (Lipinski definition) is 7. The number of rotatable bonds is 6. The standard InChI is InChI=1S/C14H15N7O3S/c1-10-4-5-12(23)20(16-10)9-11(22)15-6-7-19-14(24)21(18-17-19)13-3-2-8-25-13/h2-5,8H,6-7,9H2,1H3,(H,15,22). The Balaban J connectivity index is 1.56. The molecular formula is C14H15N7O3S. The van der Waals surface area contributed by atoms with E-state index >= 15 is 0 Å². The second kappa shape index (κ2) is 7.21. The Hall–Kier alpha value is -3.08. The minimum absolute atomic E-state index is 0.173. The highest BCUT2D eigenvalue weighted by Gasteiger charge is 2.10. The summed E-state index contributed by atoms with van der Waals surface area (Å²) in [4.78, 5) is 35.7. The lowest BCUT2D eigenvalue weighted by atomic mass is 10.4. The average Bonchev–Trinajstić information content (AvgIpc) is 3.21. The molecule has 0 saturated heterocycles. The normalized spacial score (nSPS) is 10.8. The fraction of sp³-hybridized carbons (Fsp3) is 0.286. The van der Waals surface area contributed by atoms with Gasteiger partial charge in [-0.3, -0.25) is 9.59 Å². The topological polar surface area (TPSA) is 117 Å². The van der Waals surface area contributed by atoms with Crippen LogP contribution in [-0.4, -0.2) is 42.0 Å². The van der Waals surface area contributed by atoms with Crippen molar-refractivity contribution in [1.29, 1.82) is 0 Å². The maximum Gasteiger partial charge on any atom is 0.369 e. The Morgan fingerprint density at radius 1 is 1.20 bits per heavy atom. The number of aryl methyl sites for hydroxylation is 1. The number of tetrazole rings is 1. The van der Waals surface area contributed by atoms with E-state index in [1.807, 2.05) is 11.4 Å². The number of carbonyl (C=O) groups excluding carboxylic acids is 1. The van der Waals surface area contributed by atoms with E-state index < -0.39 is 0 Å². The highest BCUT2D eigenvalue weighted by atomic mass is 32.1. The molecule has 0 fully saturated rings. The largest absolute Gasteiger partial charge is 0.369 e. The predicted molar refractivity (Wildman–Crippen MR) is 89.7 cm³/mol. The SMILES string of the molecule is Cc1ccc(=O)n(CC(=O)NCCn2nnn(-c3cccs3)c2=O)n1. The molecule has 0 aliphatic heterocycles. The number of carbonyl (C=O) groups is 1. The third-order valence-electron chi connectivity index (χ3n) is 3.29. The molecule has 0 bridgehead atoms. The second-order valence-corrected chi connectivity index (χ2v) is 6.09. The molecule has 11 heteroatoms. The lowest BCUT2D eigenvalue weighted by Gasteiger charge is -2.06. The number of amides is 1. The van der Waals surface area contributed by atoms with Crippen LogP contribution in [0.3, 0.4) is 0 Å². The first-order chi connectivity index (χ1) is 12.0. The van der Waals surface area contributed by atoms with Gasteiger partial charge >= 0.3 is 5.69 Å². The van der Waals surface area contributed by atoms with Crippen LogP contribution in [0, 0.1) is 6.92 Å². The van der Waals surface area contributed by atoms with E-state index in [2.05, 4.69) is 20.8 Å². The lowest BCUT2D eigenvalue weighted by Crippen LogP contribution is -2.36. The van der Waals surface area contributed by atoms with Crippen molar-refractivity contribution in [2.75, 3.05) is 6.54 Å². The lowest BCUT2D eigenvalue weighted by molar-refractivity contribution is -0.121. The minimum atomic E-state index is -0.381. The van der Waals surface area contributed by atoms with Crippen molar-refractivity contribution in [3.8, 4) is 5.00 Å². The van der Waals surface area contributed by atoms with Crippen molar-refractivity contribution >= 4 is 17.2 Å². The molecule has 10 nitrogen and oxygen atoms in total. The molecule has 0 radical (unpaired) electrons. The number of thiophene rings is 1. The molecule has 0 aliphatic carbocycles. The summed E-state index contributed by atoms with van der Waals surface area (Å²) in [6.45, 7) is 1.91. The van der Waals surface area contributed by atoms with Crippen LogP contribution in [0.1, 0.15) is 5.69 Å². The first kappa shape index (κ1) is 16.8. The van der Waals surface area contributed by atoms with Crippen molar-refractivity contribution in [1.82, 2.24) is 34.9 Å². The van der Waals surface area contributed by atoms with Crippen LogP contribution in [0.25, 0.3) is 5.00 Å². The zero-order chi connectivity index (χ0) is 17.8. The van der Waals surface area contributed by atoms with Crippen LogP contribution < -0.4 is 16.6 Å². The molecule has 0 spiro atoms. The van der Waals surface area contributed by atoms with Gasteiger partial charge in [-0.1, -0.05) is 0 Å². The maximum absolute atomic E-state index is 12.2. The first-order valence-electron chi connectivity index (χ1n) is 7.43. The van der Waals surface area contributed by atoms with E-state index in [4.69, 9.17) is 0 Å². The third kappa shape index (κ3) is 3.88. The summed E-state index contributed by atoms with van der Waals surface area (Å²) >= 11 is 1.37. The van der Waals surface area contributed by atoms with Gasteiger partial charge in [-0.15, -0.1) is 11.3 Å². The molecule has 0 atom stereocenters. The van der Waals surface area contributed by atoms with Crippen LogP contribution >= 0.6 is 11.3 Å². The average molecular weight is 361 g/mol. The Bertz CT molecular complexity index is 987. The van der Waals surface area contributed by atoms with E-state index in [9.17, 15) is 14.4 Å². The van der Waals surface area contributed by atoms with Crippen molar-refractivity contribution in [2.24, 2.45) is 0 Å². The van der Waals surface area contributed by atoms with Crippen molar-refractivity contribution < 1.29 is 4.79 Å². The summed E-state index contributed by atoms with van der Waals surface area (Å²) in [7, 11) is 0. The summed E-state index contributed by atoms with van der Waals surface area (Å²) < 4.78 is 3.45. The van der Waals surface area contributed by atoms with Gasteiger partial charge in [0, 0.05) is 12.6 Å². The van der Waals surface area contributed by atoms with Crippen molar-refractivity contribution in [3.05, 3.63) is 56.2 Å². The smallest absolute Gasteiger partial charge is 0.353 e. The van der Waals surface area contributed by atoms with Gasteiger partial charge in [-0.2, -0.15) is 14.5 Å². The van der Waals surface area contributed by atoms with Gasteiger partial charge in [0.2, 0.25) is 5.91 Å². The molecule has 3 aromatic rings. The summed E-state index contributed by atoms with van der Waals surface area (Å²) in [5.41, 5.74) is -0.0896. The highest BCUT2D eigenvalue weighted by Crippen LogP contribution is 2.10. The Morgan fingerprint density at radius 3 is 2.80 bits per heavy atom. The summed E-state index contributed by atoms with van der Waals surface area (Å²) in [5.74, 6) is -0.376. The van der Waals surface area contributed by atoms with Crippen molar-refractivity contribution in [2.45, 2.75) is 20.0 Å². The molecule has 0 aliphatic rings. The third-order valence-corrected chi connectivity index (χ3v) is 4.14. The van der Waals surface area contributed by atoms with Gasteiger partial charge in [0.25, 0.3) is 5.56 Å².